The Balaban J connectivity index is 1.71. The lowest BCUT2D eigenvalue weighted by molar-refractivity contribution is 0.0986. The molecule has 0 aliphatic rings. The topological polar surface area (TPSA) is 79.4 Å². The van der Waals surface area contributed by atoms with E-state index in [0.717, 1.165) is 16.8 Å². The van der Waals surface area contributed by atoms with E-state index in [1.54, 1.807) is 31.3 Å². The second kappa shape index (κ2) is 12.3. The fourth-order valence-electron chi connectivity index (χ4n) is 4.05. The molecule has 0 N–H and O–H groups in total. The van der Waals surface area contributed by atoms with E-state index in [0.29, 0.717) is 52.4 Å². The molecule has 4 aromatic rings. The Morgan fingerprint density at radius 2 is 1.45 bits per heavy atom. The Kier molecular flexibility index (Phi) is 8.70. The van der Waals surface area contributed by atoms with Crippen LogP contribution in [0, 0.1) is 0 Å². The van der Waals surface area contributed by atoms with Crippen LogP contribution < -0.4 is 28.6 Å². The number of benzene rings is 3. The molecule has 0 radical (unpaired) electrons. The van der Waals surface area contributed by atoms with Gasteiger partial charge in [-0.1, -0.05) is 36.4 Å². The van der Waals surface area contributed by atoms with Gasteiger partial charge in [-0.2, -0.15) is 0 Å². The molecule has 1 aromatic heterocycles. The summed E-state index contributed by atoms with van der Waals surface area (Å²) in [7, 11) is 7.77. The van der Waals surface area contributed by atoms with E-state index in [1.165, 1.54) is 32.7 Å². The Morgan fingerprint density at radius 3 is 2.05 bits per heavy atom. The normalized spacial score (nSPS) is 10.6. The van der Waals surface area contributed by atoms with Crippen molar-refractivity contribution in [2.45, 2.75) is 6.42 Å². The van der Waals surface area contributed by atoms with Crippen molar-refractivity contribution in [2.24, 2.45) is 0 Å². The number of amides is 1. The van der Waals surface area contributed by atoms with Crippen molar-refractivity contribution in [2.75, 3.05) is 47.0 Å². The van der Waals surface area contributed by atoms with Crippen molar-refractivity contribution in [3.63, 3.8) is 0 Å². The van der Waals surface area contributed by atoms with Crippen molar-refractivity contribution < 1.29 is 28.5 Å². The molecule has 0 saturated heterocycles. The molecule has 38 heavy (non-hydrogen) atoms. The van der Waals surface area contributed by atoms with E-state index in [1.807, 2.05) is 53.9 Å². The van der Waals surface area contributed by atoms with Gasteiger partial charge in [0.1, 0.15) is 0 Å². The quantitative estimate of drug-likeness (QED) is 0.243. The summed E-state index contributed by atoms with van der Waals surface area (Å²) in [5, 5.41) is 2.54. The van der Waals surface area contributed by atoms with Gasteiger partial charge in [0.05, 0.1) is 41.2 Å². The average Bonchev–Trinajstić information content (AvgIpc) is 3.46. The number of nitrogens with zero attached hydrogens (tertiary/aromatic N) is 2. The minimum absolute atomic E-state index is 0.237. The summed E-state index contributed by atoms with van der Waals surface area (Å²) in [5.41, 5.74) is 3.17. The highest BCUT2D eigenvalue weighted by molar-refractivity contribution is 7.14. The lowest BCUT2D eigenvalue weighted by Gasteiger charge is -2.22. The monoisotopic (exact) mass is 534 g/mol. The molecule has 0 aliphatic heterocycles. The first-order valence-corrected chi connectivity index (χ1v) is 12.7. The van der Waals surface area contributed by atoms with Gasteiger partial charge in [0, 0.05) is 23.1 Å². The third-order valence-corrected chi connectivity index (χ3v) is 6.88. The summed E-state index contributed by atoms with van der Waals surface area (Å²) in [5.74, 6) is 2.27. The molecule has 0 unspecified atom stereocenters. The van der Waals surface area contributed by atoms with E-state index >= 15 is 0 Å². The Morgan fingerprint density at radius 1 is 0.789 bits per heavy atom. The van der Waals surface area contributed by atoms with Crippen LogP contribution in [0.3, 0.4) is 0 Å². The van der Waals surface area contributed by atoms with E-state index < -0.39 is 0 Å². The number of anilines is 1. The molecule has 0 spiro atoms. The number of rotatable bonds is 11. The van der Waals surface area contributed by atoms with Crippen molar-refractivity contribution in [1.82, 2.24) is 4.98 Å². The fraction of sp³-hybridized carbons (Fsp3) is 0.241. The molecule has 0 atom stereocenters. The molecule has 4 rings (SSSR count). The van der Waals surface area contributed by atoms with Crippen LogP contribution in [0.4, 0.5) is 5.13 Å². The lowest BCUT2D eigenvalue weighted by Crippen LogP contribution is -2.33. The van der Waals surface area contributed by atoms with Gasteiger partial charge in [0.2, 0.25) is 5.75 Å². The van der Waals surface area contributed by atoms with Crippen LogP contribution >= 0.6 is 11.3 Å². The van der Waals surface area contributed by atoms with Gasteiger partial charge in [0.25, 0.3) is 5.91 Å². The van der Waals surface area contributed by atoms with Gasteiger partial charge in [-0.3, -0.25) is 9.69 Å². The zero-order valence-electron chi connectivity index (χ0n) is 22.0. The smallest absolute Gasteiger partial charge is 0.260 e. The minimum atomic E-state index is -0.237. The van der Waals surface area contributed by atoms with Crippen LogP contribution in [0.1, 0.15) is 15.9 Å². The predicted molar refractivity (Wildman–Crippen MR) is 149 cm³/mol. The Labute approximate surface area is 226 Å². The van der Waals surface area contributed by atoms with Gasteiger partial charge in [-0.15, -0.1) is 11.3 Å². The maximum atomic E-state index is 14.0. The summed E-state index contributed by atoms with van der Waals surface area (Å²) in [6, 6.07) is 18.9. The number of carbonyl (C=O) groups is 1. The van der Waals surface area contributed by atoms with E-state index in [4.69, 9.17) is 28.7 Å². The molecule has 0 saturated carbocycles. The minimum Gasteiger partial charge on any atom is -0.493 e. The maximum Gasteiger partial charge on any atom is 0.260 e. The SMILES string of the molecule is COc1ccc(CCN(C(=O)c2cc(OC)c(OC)c(OC)c2)c2nc(-c3ccccc3)cs2)cc1OC. The first-order valence-electron chi connectivity index (χ1n) is 11.9. The second-order valence-electron chi connectivity index (χ2n) is 8.19. The maximum absolute atomic E-state index is 14.0. The molecule has 1 heterocycles. The third-order valence-electron chi connectivity index (χ3n) is 6.02. The highest BCUT2D eigenvalue weighted by Crippen LogP contribution is 2.39. The molecular formula is C29H30N2O6S. The largest absolute Gasteiger partial charge is 0.493 e. The summed E-state index contributed by atoms with van der Waals surface area (Å²) < 4.78 is 27.2. The second-order valence-corrected chi connectivity index (χ2v) is 9.03. The number of methoxy groups -OCH3 is 5. The molecule has 0 aliphatic carbocycles. The average molecular weight is 535 g/mol. The van der Waals surface area contributed by atoms with Crippen LogP contribution in [0.25, 0.3) is 11.3 Å². The summed E-state index contributed by atoms with van der Waals surface area (Å²) in [6.07, 6.45) is 0.566. The molecule has 8 nitrogen and oxygen atoms in total. The van der Waals surface area contributed by atoms with Crippen molar-refractivity contribution in [1.29, 1.82) is 0 Å². The summed E-state index contributed by atoms with van der Waals surface area (Å²) >= 11 is 1.41. The van der Waals surface area contributed by atoms with Gasteiger partial charge >= 0.3 is 0 Å². The standard InChI is InChI=1S/C29H30N2O6S/c1-33-23-12-11-19(15-24(23)34-2)13-14-31(29-30-22(18-38-29)20-9-7-6-8-10-20)28(32)21-16-25(35-3)27(37-5)26(17-21)36-4/h6-12,15-18H,13-14H2,1-5H3. The molecule has 0 bridgehead atoms. The first kappa shape index (κ1) is 26.8. The van der Waals surface area contributed by atoms with Gasteiger partial charge in [-0.25, -0.2) is 4.98 Å². The number of hydrogen-bond acceptors (Lipinski definition) is 8. The number of aromatic nitrogens is 1. The van der Waals surface area contributed by atoms with Crippen LogP contribution in [0.5, 0.6) is 28.7 Å². The Bertz CT molecular complexity index is 1360. The molecule has 3 aromatic carbocycles. The number of thiazole rings is 1. The zero-order chi connectivity index (χ0) is 27.1. The highest BCUT2D eigenvalue weighted by Gasteiger charge is 2.25. The van der Waals surface area contributed by atoms with Crippen molar-refractivity contribution in [3.05, 3.63) is 77.2 Å². The summed E-state index contributed by atoms with van der Waals surface area (Å²) in [4.78, 5) is 20.5. The number of ether oxygens (including phenoxy) is 5. The molecule has 9 heteroatoms. The lowest BCUT2D eigenvalue weighted by atomic mass is 10.1. The van der Waals surface area contributed by atoms with E-state index in [-0.39, 0.29) is 5.91 Å². The molecule has 198 valence electrons. The van der Waals surface area contributed by atoms with Crippen LogP contribution in [0.2, 0.25) is 0 Å². The third kappa shape index (κ3) is 5.68. The van der Waals surface area contributed by atoms with Crippen molar-refractivity contribution >= 4 is 22.4 Å². The number of hydrogen-bond donors (Lipinski definition) is 0. The first-order chi connectivity index (χ1) is 18.5. The van der Waals surface area contributed by atoms with E-state index in [9.17, 15) is 4.79 Å². The van der Waals surface area contributed by atoms with Gasteiger partial charge in [-0.05, 0) is 36.2 Å². The molecular weight excluding hydrogens is 504 g/mol. The Hall–Kier alpha value is -4.24. The van der Waals surface area contributed by atoms with Gasteiger partial charge < -0.3 is 23.7 Å². The zero-order valence-corrected chi connectivity index (χ0v) is 22.8. The predicted octanol–water partition coefficient (Wildman–Crippen LogP) is 5.74. The van der Waals surface area contributed by atoms with Crippen LogP contribution in [0.15, 0.2) is 66.0 Å². The molecule has 1 amide bonds. The fourth-order valence-corrected chi connectivity index (χ4v) is 4.91. The van der Waals surface area contributed by atoms with Crippen molar-refractivity contribution in [3.8, 4) is 40.0 Å². The van der Waals surface area contributed by atoms with Gasteiger partial charge in [0.15, 0.2) is 28.1 Å². The van der Waals surface area contributed by atoms with Crippen LogP contribution in [-0.4, -0.2) is 53.0 Å². The van der Waals surface area contributed by atoms with E-state index in [2.05, 4.69) is 0 Å². The highest BCUT2D eigenvalue weighted by atomic mass is 32.1. The number of carbonyl (C=O) groups excluding carboxylic acids is 1. The van der Waals surface area contributed by atoms with Crippen LogP contribution in [-0.2, 0) is 6.42 Å². The summed E-state index contributed by atoms with van der Waals surface area (Å²) in [6.45, 7) is 0.382. The molecule has 0 fully saturated rings.